The number of hydrogen-bond donors (Lipinski definition) is 2. The van der Waals surface area contributed by atoms with Crippen molar-refractivity contribution in [3.63, 3.8) is 0 Å². The molecule has 7 heteroatoms. The van der Waals surface area contributed by atoms with Crippen LogP contribution in [0.1, 0.15) is 5.56 Å². The average molecular weight is 295 g/mol. The zero-order chi connectivity index (χ0) is 15.0. The first-order chi connectivity index (χ1) is 9.54. The third-order valence-electron chi connectivity index (χ3n) is 2.12. The van der Waals surface area contributed by atoms with Crippen LogP contribution in [0.15, 0.2) is 24.3 Å². The van der Waals surface area contributed by atoms with Gasteiger partial charge in [-0.25, -0.2) is 4.79 Å². The first-order valence-electron chi connectivity index (χ1n) is 5.50. The Labute approximate surface area is 120 Å². The Bertz CT molecular complexity index is 578. The molecule has 2 N–H and O–H groups in total. The van der Waals surface area contributed by atoms with Crippen LogP contribution in [0.5, 0.6) is 5.75 Å². The van der Waals surface area contributed by atoms with Crippen LogP contribution in [0.25, 0.3) is 6.08 Å². The molecule has 0 saturated heterocycles. The molecule has 0 radical (unpaired) electrons. The molecule has 0 aromatic heterocycles. The highest BCUT2D eigenvalue weighted by atomic mass is 35.5. The van der Waals surface area contributed by atoms with E-state index in [4.69, 9.17) is 26.7 Å². The lowest BCUT2D eigenvalue weighted by atomic mass is 10.2. The minimum absolute atomic E-state index is 0.115. The monoisotopic (exact) mass is 294 g/mol. The van der Waals surface area contributed by atoms with E-state index in [9.17, 15) is 9.59 Å². The Hall–Kier alpha value is -2.52. The van der Waals surface area contributed by atoms with Gasteiger partial charge in [-0.05, 0) is 12.1 Å². The third kappa shape index (κ3) is 5.00. The van der Waals surface area contributed by atoms with E-state index in [-0.39, 0.29) is 23.9 Å². The fraction of sp³-hybridized carbons (Fsp3) is 0.154. The summed E-state index contributed by atoms with van der Waals surface area (Å²) in [6, 6.07) is 6.56. The van der Waals surface area contributed by atoms with E-state index in [1.54, 1.807) is 24.3 Å². The summed E-state index contributed by atoms with van der Waals surface area (Å²) < 4.78 is 5.26. The molecular formula is C13H11ClN2O4. The van der Waals surface area contributed by atoms with Crippen molar-refractivity contribution in [3.05, 3.63) is 34.9 Å². The number of carboxylic acids is 1. The smallest absolute Gasteiger partial charge is 0.328 e. The van der Waals surface area contributed by atoms with Crippen LogP contribution in [0.2, 0.25) is 5.02 Å². The number of amides is 1. The number of aliphatic carboxylic acids is 1. The molecule has 0 heterocycles. The molecular weight excluding hydrogens is 284 g/mol. The van der Waals surface area contributed by atoms with Gasteiger partial charge in [0.1, 0.15) is 12.3 Å². The molecule has 104 valence electrons. The maximum absolute atomic E-state index is 11.3. The number of carboxylic acid groups (broad SMARTS) is 1. The third-order valence-corrected chi connectivity index (χ3v) is 2.41. The lowest BCUT2D eigenvalue weighted by molar-refractivity contribution is -0.131. The maximum Gasteiger partial charge on any atom is 0.328 e. The second kappa shape index (κ2) is 7.81. The highest BCUT2D eigenvalue weighted by molar-refractivity contribution is 6.32. The molecule has 0 unspecified atom stereocenters. The van der Waals surface area contributed by atoms with Crippen molar-refractivity contribution in [2.75, 3.05) is 13.2 Å². The second-order valence-corrected chi connectivity index (χ2v) is 3.96. The Morgan fingerprint density at radius 2 is 2.25 bits per heavy atom. The van der Waals surface area contributed by atoms with Gasteiger partial charge in [0.2, 0.25) is 0 Å². The number of hydrogen-bond acceptors (Lipinski definition) is 4. The Morgan fingerprint density at radius 1 is 1.50 bits per heavy atom. The van der Waals surface area contributed by atoms with E-state index >= 15 is 0 Å². The van der Waals surface area contributed by atoms with Gasteiger partial charge in [0.05, 0.1) is 11.1 Å². The molecule has 0 fully saturated rings. The Morgan fingerprint density at radius 3 is 2.90 bits per heavy atom. The number of benzene rings is 1. The number of carbonyl (C=O) groups is 2. The number of ether oxygens (including phenoxy) is 1. The number of para-hydroxylation sites is 1. The lowest BCUT2D eigenvalue weighted by Crippen LogP contribution is -2.29. The molecule has 1 aromatic carbocycles. The fourth-order valence-electron chi connectivity index (χ4n) is 1.30. The summed E-state index contributed by atoms with van der Waals surface area (Å²) in [5, 5.41) is 19.5. The predicted octanol–water partition coefficient (Wildman–Crippen LogP) is 1.46. The maximum atomic E-state index is 11.3. The van der Waals surface area contributed by atoms with Crippen LogP contribution in [0.3, 0.4) is 0 Å². The van der Waals surface area contributed by atoms with Gasteiger partial charge < -0.3 is 15.2 Å². The quantitative estimate of drug-likeness (QED) is 0.611. The molecule has 20 heavy (non-hydrogen) atoms. The number of nitrogens with one attached hydrogen (secondary N) is 1. The first-order valence-corrected chi connectivity index (χ1v) is 5.88. The minimum atomic E-state index is -1.11. The standard InChI is InChI=1S/C13H11ClN2O4/c14-10-3-1-2-9(4-5-12(18)19)13(10)20-8-11(17)16-7-6-15/h1-5H,7-8H2,(H,16,17)(H,18,19)/b5-4+. The van der Waals surface area contributed by atoms with E-state index in [0.29, 0.717) is 5.56 Å². The molecule has 0 saturated carbocycles. The normalized spacial score (nSPS) is 10.0. The Balaban J connectivity index is 2.80. The fourth-order valence-corrected chi connectivity index (χ4v) is 1.53. The Kier molecular flexibility index (Phi) is 6.07. The molecule has 0 spiro atoms. The SMILES string of the molecule is N#CCNC(=O)COc1c(Cl)cccc1/C=C/C(=O)O. The molecule has 0 aliphatic carbocycles. The molecule has 6 nitrogen and oxygen atoms in total. The van der Waals surface area contributed by atoms with Gasteiger partial charge >= 0.3 is 5.97 Å². The van der Waals surface area contributed by atoms with Gasteiger partial charge in [-0.3, -0.25) is 4.79 Å². The van der Waals surface area contributed by atoms with Crippen LogP contribution in [0.4, 0.5) is 0 Å². The molecule has 1 aromatic rings. The number of carbonyl (C=O) groups excluding carboxylic acids is 1. The summed E-state index contributed by atoms with van der Waals surface area (Å²) >= 11 is 5.94. The van der Waals surface area contributed by atoms with E-state index in [2.05, 4.69) is 5.32 Å². The van der Waals surface area contributed by atoms with Gasteiger partial charge in [-0.2, -0.15) is 5.26 Å². The van der Waals surface area contributed by atoms with E-state index < -0.39 is 11.9 Å². The summed E-state index contributed by atoms with van der Waals surface area (Å²) in [6.07, 6.45) is 2.25. The van der Waals surface area contributed by atoms with Crippen molar-refractivity contribution in [1.82, 2.24) is 5.32 Å². The van der Waals surface area contributed by atoms with Crippen LogP contribution in [0, 0.1) is 11.3 Å². The van der Waals surface area contributed by atoms with Gasteiger partial charge in [-0.1, -0.05) is 23.7 Å². The summed E-state index contributed by atoms with van der Waals surface area (Å²) in [6.45, 7) is -0.435. The number of nitriles is 1. The largest absolute Gasteiger partial charge is 0.482 e. The summed E-state index contributed by atoms with van der Waals surface area (Å²) in [5.41, 5.74) is 0.438. The predicted molar refractivity (Wildman–Crippen MR) is 72.2 cm³/mol. The number of rotatable bonds is 6. The molecule has 1 rings (SSSR count). The zero-order valence-corrected chi connectivity index (χ0v) is 11.1. The zero-order valence-electron chi connectivity index (χ0n) is 10.3. The number of halogens is 1. The van der Waals surface area contributed by atoms with Gasteiger partial charge in [0.25, 0.3) is 5.91 Å². The molecule has 0 aliphatic heterocycles. The van der Waals surface area contributed by atoms with Crippen molar-refractivity contribution in [2.24, 2.45) is 0 Å². The van der Waals surface area contributed by atoms with E-state index in [0.717, 1.165) is 6.08 Å². The molecule has 0 atom stereocenters. The van der Waals surface area contributed by atoms with Crippen molar-refractivity contribution in [2.45, 2.75) is 0 Å². The van der Waals surface area contributed by atoms with Crippen LogP contribution >= 0.6 is 11.6 Å². The topological polar surface area (TPSA) is 99.4 Å². The van der Waals surface area contributed by atoms with Crippen molar-refractivity contribution >= 4 is 29.6 Å². The highest BCUT2D eigenvalue weighted by Gasteiger charge is 2.09. The van der Waals surface area contributed by atoms with Crippen molar-refractivity contribution in [3.8, 4) is 11.8 Å². The van der Waals surface area contributed by atoms with Crippen LogP contribution in [-0.2, 0) is 9.59 Å². The minimum Gasteiger partial charge on any atom is -0.482 e. The average Bonchev–Trinajstić information content (AvgIpc) is 2.41. The van der Waals surface area contributed by atoms with E-state index in [1.807, 2.05) is 0 Å². The van der Waals surface area contributed by atoms with Crippen LogP contribution in [-0.4, -0.2) is 30.1 Å². The second-order valence-electron chi connectivity index (χ2n) is 3.55. The highest BCUT2D eigenvalue weighted by Crippen LogP contribution is 2.29. The molecule has 0 bridgehead atoms. The van der Waals surface area contributed by atoms with Crippen molar-refractivity contribution < 1.29 is 19.4 Å². The molecule has 0 aliphatic rings. The van der Waals surface area contributed by atoms with Gasteiger partial charge in [0, 0.05) is 11.6 Å². The summed E-state index contributed by atoms with van der Waals surface area (Å²) in [4.78, 5) is 21.8. The number of nitrogens with zero attached hydrogens (tertiary/aromatic N) is 1. The van der Waals surface area contributed by atoms with Crippen molar-refractivity contribution in [1.29, 1.82) is 5.26 Å². The van der Waals surface area contributed by atoms with Gasteiger partial charge in [0.15, 0.2) is 6.61 Å². The lowest BCUT2D eigenvalue weighted by Gasteiger charge is -2.10. The molecule has 1 amide bonds. The van der Waals surface area contributed by atoms with Crippen LogP contribution < -0.4 is 10.1 Å². The first kappa shape index (κ1) is 15.5. The summed E-state index contributed by atoms with van der Waals surface area (Å²) in [7, 11) is 0. The van der Waals surface area contributed by atoms with Gasteiger partial charge in [-0.15, -0.1) is 0 Å². The summed E-state index contributed by atoms with van der Waals surface area (Å²) in [5.74, 6) is -1.37. The van der Waals surface area contributed by atoms with E-state index in [1.165, 1.54) is 6.08 Å².